The van der Waals surface area contributed by atoms with Crippen molar-refractivity contribution in [3.8, 4) is 17.7 Å². The molecule has 0 fully saturated rings. The summed E-state index contributed by atoms with van der Waals surface area (Å²) in [6.07, 6.45) is 1.66. The Morgan fingerprint density at radius 3 is 2.83 bits per heavy atom. The molecule has 0 radical (unpaired) electrons. The first-order chi connectivity index (χ1) is 8.85. The predicted molar refractivity (Wildman–Crippen MR) is 66.3 cm³/mol. The van der Waals surface area contributed by atoms with Crippen molar-refractivity contribution in [1.29, 1.82) is 5.26 Å². The number of ether oxygens (including phenoxy) is 2. The first-order valence-electron chi connectivity index (χ1n) is 5.45. The van der Waals surface area contributed by atoms with Crippen molar-refractivity contribution in [1.82, 2.24) is 4.98 Å². The van der Waals surface area contributed by atoms with Gasteiger partial charge in [-0.25, -0.2) is 4.98 Å². The van der Waals surface area contributed by atoms with Crippen LogP contribution < -0.4 is 9.47 Å². The number of para-hydroxylation sites is 1. The summed E-state index contributed by atoms with van der Waals surface area (Å²) in [6, 6.07) is 12.9. The highest BCUT2D eigenvalue weighted by atomic mass is 16.5. The molecular weight excluding hydrogens is 228 g/mol. The third-order valence-corrected chi connectivity index (χ3v) is 2.43. The summed E-state index contributed by atoms with van der Waals surface area (Å²) in [6.45, 7) is 0.315. The molecule has 0 aliphatic rings. The van der Waals surface area contributed by atoms with Crippen molar-refractivity contribution >= 4 is 0 Å². The largest absolute Gasteiger partial charge is 0.487 e. The molecule has 90 valence electrons. The number of benzene rings is 1. The number of rotatable bonds is 4. The van der Waals surface area contributed by atoms with E-state index in [1.54, 1.807) is 31.5 Å². The Morgan fingerprint density at radius 1 is 1.22 bits per heavy atom. The van der Waals surface area contributed by atoms with E-state index in [4.69, 9.17) is 14.7 Å². The standard InChI is InChI=1S/C14H12N2O2/c1-17-14-12(6-4-8-16-14)10-18-13-7-3-2-5-11(13)9-15/h2-8H,10H2,1H3. The summed E-state index contributed by atoms with van der Waals surface area (Å²) >= 11 is 0. The molecule has 0 bridgehead atoms. The van der Waals surface area contributed by atoms with Crippen LogP contribution in [-0.4, -0.2) is 12.1 Å². The van der Waals surface area contributed by atoms with Crippen molar-refractivity contribution < 1.29 is 9.47 Å². The molecule has 1 heterocycles. The normalized spacial score (nSPS) is 9.56. The van der Waals surface area contributed by atoms with Gasteiger partial charge in [-0.2, -0.15) is 5.26 Å². The Bertz CT molecular complexity index is 576. The van der Waals surface area contributed by atoms with Crippen LogP contribution in [-0.2, 0) is 6.61 Å². The van der Waals surface area contributed by atoms with Crippen LogP contribution in [0.25, 0.3) is 0 Å². The van der Waals surface area contributed by atoms with Gasteiger partial charge in [0.1, 0.15) is 18.4 Å². The number of nitriles is 1. The molecule has 2 rings (SSSR count). The first-order valence-corrected chi connectivity index (χ1v) is 5.45. The first kappa shape index (κ1) is 11.9. The Morgan fingerprint density at radius 2 is 2.06 bits per heavy atom. The maximum absolute atomic E-state index is 8.95. The molecular formula is C14H12N2O2. The molecule has 18 heavy (non-hydrogen) atoms. The molecule has 0 spiro atoms. The zero-order chi connectivity index (χ0) is 12.8. The van der Waals surface area contributed by atoms with Crippen molar-refractivity contribution in [2.24, 2.45) is 0 Å². The van der Waals surface area contributed by atoms with Crippen LogP contribution in [0.5, 0.6) is 11.6 Å². The van der Waals surface area contributed by atoms with Gasteiger partial charge in [-0.15, -0.1) is 0 Å². The minimum Gasteiger partial charge on any atom is -0.487 e. The maximum atomic E-state index is 8.95. The molecule has 0 saturated carbocycles. The number of pyridine rings is 1. The van der Waals surface area contributed by atoms with Crippen molar-refractivity contribution in [3.63, 3.8) is 0 Å². The van der Waals surface area contributed by atoms with Crippen molar-refractivity contribution in [2.45, 2.75) is 6.61 Å². The van der Waals surface area contributed by atoms with Gasteiger partial charge in [0.05, 0.1) is 18.2 Å². The van der Waals surface area contributed by atoms with Crippen LogP contribution in [0.4, 0.5) is 0 Å². The third kappa shape index (κ3) is 2.58. The predicted octanol–water partition coefficient (Wildman–Crippen LogP) is 2.54. The summed E-state index contributed by atoms with van der Waals surface area (Å²) in [5.41, 5.74) is 1.35. The highest BCUT2D eigenvalue weighted by Gasteiger charge is 2.06. The molecule has 1 aromatic carbocycles. The summed E-state index contributed by atoms with van der Waals surface area (Å²) in [5, 5.41) is 8.95. The van der Waals surface area contributed by atoms with Crippen LogP contribution in [0, 0.1) is 11.3 Å². The molecule has 0 unspecified atom stereocenters. The number of methoxy groups -OCH3 is 1. The van der Waals surface area contributed by atoms with Crippen LogP contribution in [0.2, 0.25) is 0 Å². The Balaban J connectivity index is 2.14. The van der Waals surface area contributed by atoms with Gasteiger partial charge in [0, 0.05) is 6.20 Å². The fourth-order valence-electron chi connectivity index (χ4n) is 1.56. The Hall–Kier alpha value is -2.54. The van der Waals surface area contributed by atoms with Crippen LogP contribution in [0.15, 0.2) is 42.6 Å². The smallest absolute Gasteiger partial charge is 0.219 e. The molecule has 1 aromatic heterocycles. The molecule has 0 saturated heterocycles. The monoisotopic (exact) mass is 240 g/mol. The summed E-state index contributed by atoms with van der Waals surface area (Å²) in [5.74, 6) is 1.10. The average molecular weight is 240 g/mol. The lowest BCUT2D eigenvalue weighted by molar-refractivity contribution is 0.293. The van der Waals surface area contributed by atoms with E-state index >= 15 is 0 Å². The van der Waals surface area contributed by atoms with E-state index in [-0.39, 0.29) is 0 Å². The topological polar surface area (TPSA) is 55.1 Å². The van der Waals surface area contributed by atoms with Crippen LogP contribution >= 0.6 is 0 Å². The van der Waals surface area contributed by atoms with Gasteiger partial charge in [-0.05, 0) is 24.3 Å². The summed E-state index contributed by atoms with van der Waals surface area (Å²) in [7, 11) is 1.56. The molecule has 0 aliphatic heterocycles. The second-order valence-electron chi connectivity index (χ2n) is 3.57. The van der Waals surface area contributed by atoms with E-state index < -0.39 is 0 Å². The van der Waals surface area contributed by atoms with E-state index in [0.29, 0.717) is 23.8 Å². The second kappa shape index (κ2) is 5.69. The van der Waals surface area contributed by atoms with Gasteiger partial charge < -0.3 is 9.47 Å². The molecule has 0 N–H and O–H groups in total. The lowest BCUT2D eigenvalue weighted by atomic mass is 10.2. The quantitative estimate of drug-likeness (QED) is 0.824. The van der Waals surface area contributed by atoms with E-state index in [0.717, 1.165) is 5.56 Å². The molecule has 0 aliphatic carbocycles. The molecule has 4 nitrogen and oxygen atoms in total. The zero-order valence-electron chi connectivity index (χ0n) is 9.96. The second-order valence-corrected chi connectivity index (χ2v) is 3.57. The minimum absolute atomic E-state index is 0.315. The fraction of sp³-hybridized carbons (Fsp3) is 0.143. The maximum Gasteiger partial charge on any atom is 0.219 e. The minimum atomic E-state index is 0.315. The van der Waals surface area contributed by atoms with E-state index in [1.165, 1.54) is 0 Å². The molecule has 2 aromatic rings. The third-order valence-electron chi connectivity index (χ3n) is 2.43. The lowest BCUT2D eigenvalue weighted by Crippen LogP contribution is -2.01. The fourth-order valence-corrected chi connectivity index (χ4v) is 1.56. The number of aromatic nitrogens is 1. The molecule has 0 atom stereocenters. The summed E-state index contributed by atoms with van der Waals surface area (Å²) in [4.78, 5) is 4.08. The Kier molecular flexibility index (Phi) is 3.77. The highest BCUT2D eigenvalue weighted by Crippen LogP contribution is 2.20. The van der Waals surface area contributed by atoms with E-state index in [2.05, 4.69) is 11.1 Å². The summed E-state index contributed by atoms with van der Waals surface area (Å²) < 4.78 is 10.7. The van der Waals surface area contributed by atoms with Crippen molar-refractivity contribution in [2.75, 3.05) is 7.11 Å². The molecule has 4 heteroatoms. The van der Waals surface area contributed by atoms with Crippen molar-refractivity contribution in [3.05, 3.63) is 53.7 Å². The highest BCUT2D eigenvalue weighted by molar-refractivity contribution is 5.42. The lowest BCUT2D eigenvalue weighted by Gasteiger charge is -2.09. The van der Waals surface area contributed by atoms with Gasteiger partial charge in [-0.1, -0.05) is 12.1 Å². The zero-order valence-corrected chi connectivity index (χ0v) is 9.96. The number of hydrogen-bond donors (Lipinski definition) is 0. The van der Waals surface area contributed by atoms with Crippen LogP contribution in [0.3, 0.4) is 0 Å². The van der Waals surface area contributed by atoms with E-state index in [1.807, 2.05) is 18.2 Å². The number of nitrogens with zero attached hydrogens (tertiary/aromatic N) is 2. The number of hydrogen-bond acceptors (Lipinski definition) is 4. The van der Waals surface area contributed by atoms with E-state index in [9.17, 15) is 0 Å². The van der Waals surface area contributed by atoms with Crippen LogP contribution in [0.1, 0.15) is 11.1 Å². The average Bonchev–Trinajstić information content (AvgIpc) is 2.45. The van der Waals surface area contributed by atoms with Gasteiger partial charge >= 0.3 is 0 Å². The molecule has 0 amide bonds. The van der Waals surface area contributed by atoms with Gasteiger partial charge in [0.2, 0.25) is 5.88 Å². The van der Waals surface area contributed by atoms with Gasteiger partial charge in [0.25, 0.3) is 0 Å². The van der Waals surface area contributed by atoms with Gasteiger partial charge in [-0.3, -0.25) is 0 Å². The SMILES string of the molecule is COc1ncccc1COc1ccccc1C#N. The van der Waals surface area contributed by atoms with Gasteiger partial charge in [0.15, 0.2) is 0 Å². The Labute approximate surface area is 105 Å².